The first-order valence-corrected chi connectivity index (χ1v) is 8.63. The number of hydrogen-bond donors (Lipinski definition) is 1. The van der Waals surface area contributed by atoms with Crippen LogP contribution in [0.2, 0.25) is 5.02 Å². The summed E-state index contributed by atoms with van der Waals surface area (Å²) in [5.41, 5.74) is -0.0894. The molecule has 0 amide bonds. The topological polar surface area (TPSA) is 89.3 Å². The molecule has 9 heteroatoms. The molecule has 0 heterocycles. The molecule has 1 aliphatic rings. The molecule has 21 heavy (non-hydrogen) atoms. The van der Waals surface area contributed by atoms with E-state index in [1.54, 1.807) is 0 Å². The van der Waals surface area contributed by atoms with Gasteiger partial charge in [-0.05, 0) is 25.8 Å². The predicted molar refractivity (Wildman–Crippen MR) is 80.4 cm³/mol. The fraction of sp³-hybridized carbons (Fsp3) is 0.500. The lowest BCUT2D eigenvalue weighted by atomic mass is 10.2. The van der Waals surface area contributed by atoms with E-state index < -0.39 is 14.9 Å². The zero-order valence-corrected chi connectivity index (χ0v) is 13.5. The summed E-state index contributed by atoms with van der Waals surface area (Å²) in [7, 11) is -3.90. The quantitative estimate of drug-likeness (QED) is 0.512. The molecule has 1 N–H and O–H groups in total. The van der Waals surface area contributed by atoms with Gasteiger partial charge in [0.25, 0.3) is 5.69 Å². The smallest absolute Gasteiger partial charge is 0.258 e. The number of sulfonamides is 1. The molecular formula is C12H14Cl2N2O4S. The van der Waals surface area contributed by atoms with Crippen LogP contribution in [0.1, 0.15) is 24.8 Å². The number of alkyl halides is 1. The second-order valence-corrected chi connectivity index (χ2v) is 7.66. The number of nitro groups is 1. The molecule has 6 nitrogen and oxygen atoms in total. The molecule has 1 aromatic carbocycles. The Kier molecular flexibility index (Phi) is 4.77. The molecule has 2 atom stereocenters. The van der Waals surface area contributed by atoms with Crippen LogP contribution >= 0.6 is 23.2 Å². The second kappa shape index (κ2) is 6.08. The molecule has 0 bridgehead atoms. The third-order valence-corrected chi connectivity index (χ3v) is 5.92. The first-order valence-electron chi connectivity index (χ1n) is 6.33. The van der Waals surface area contributed by atoms with E-state index in [0.717, 1.165) is 18.9 Å². The normalized spacial score (nSPS) is 22.4. The molecule has 1 aliphatic carbocycles. The summed E-state index contributed by atoms with van der Waals surface area (Å²) in [5.74, 6) is 0. The Hall–Kier alpha value is -0.890. The Morgan fingerprint density at radius 2 is 2.05 bits per heavy atom. The van der Waals surface area contributed by atoms with Crippen molar-refractivity contribution in [2.75, 3.05) is 0 Å². The highest BCUT2D eigenvalue weighted by Crippen LogP contribution is 2.31. The van der Waals surface area contributed by atoms with Crippen LogP contribution in [-0.2, 0) is 10.0 Å². The van der Waals surface area contributed by atoms with Gasteiger partial charge in [0, 0.05) is 23.0 Å². The van der Waals surface area contributed by atoms with E-state index in [0.29, 0.717) is 6.42 Å². The van der Waals surface area contributed by atoms with Gasteiger partial charge in [0.2, 0.25) is 10.0 Å². The molecule has 1 saturated carbocycles. The maximum atomic E-state index is 12.3. The zero-order chi connectivity index (χ0) is 15.8. The van der Waals surface area contributed by atoms with Crippen LogP contribution in [-0.4, -0.2) is 24.8 Å². The van der Waals surface area contributed by atoms with Crippen molar-refractivity contribution >= 4 is 38.9 Å². The molecule has 0 spiro atoms. The highest BCUT2D eigenvalue weighted by atomic mass is 35.5. The molecule has 2 rings (SSSR count). The van der Waals surface area contributed by atoms with E-state index in [1.165, 1.54) is 13.0 Å². The molecule has 2 unspecified atom stereocenters. The minimum atomic E-state index is -3.90. The van der Waals surface area contributed by atoms with Gasteiger partial charge in [-0.3, -0.25) is 10.1 Å². The van der Waals surface area contributed by atoms with E-state index in [2.05, 4.69) is 4.72 Å². The van der Waals surface area contributed by atoms with Gasteiger partial charge in [-0.2, -0.15) is 0 Å². The number of halogens is 2. The van der Waals surface area contributed by atoms with E-state index >= 15 is 0 Å². The van der Waals surface area contributed by atoms with E-state index in [9.17, 15) is 18.5 Å². The highest BCUT2D eigenvalue weighted by molar-refractivity contribution is 7.89. The van der Waals surface area contributed by atoms with Crippen LogP contribution in [0.3, 0.4) is 0 Å². The fourth-order valence-corrected chi connectivity index (χ4v) is 4.35. The van der Waals surface area contributed by atoms with Crippen molar-refractivity contribution in [1.29, 1.82) is 0 Å². The number of nitrogens with one attached hydrogen (secondary N) is 1. The summed E-state index contributed by atoms with van der Waals surface area (Å²) < 4.78 is 27.1. The first-order chi connectivity index (χ1) is 9.72. The van der Waals surface area contributed by atoms with Gasteiger partial charge in [-0.25, -0.2) is 13.1 Å². The molecule has 1 aromatic rings. The molecule has 0 saturated heterocycles. The Balaban J connectivity index is 2.38. The third-order valence-electron chi connectivity index (χ3n) is 3.54. The van der Waals surface area contributed by atoms with Crippen molar-refractivity contribution in [3.8, 4) is 0 Å². The lowest BCUT2D eigenvalue weighted by Crippen LogP contribution is -2.37. The average molecular weight is 353 g/mol. The summed E-state index contributed by atoms with van der Waals surface area (Å²) in [6, 6.07) is 1.86. The number of hydrogen-bond acceptors (Lipinski definition) is 4. The standard InChI is InChI=1S/C12H14Cl2N2O4S/c1-7-10(14)5-8(6-12(7)16(17)18)21(19,20)15-11-4-2-3-9(11)13/h5-6,9,11,15H,2-4H2,1H3. The Morgan fingerprint density at radius 3 is 2.57 bits per heavy atom. The summed E-state index contributed by atoms with van der Waals surface area (Å²) >= 11 is 11.9. The van der Waals surface area contributed by atoms with Gasteiger partial charge in [-0.1, -0.05) is 18.0 Å². The molecule has 0 radical (unpaired) electrons. The van der Waals surface area contributed by atoms with E-state index in [4.69, 9.17) is 23.2 Å². The first kappa shape index (κ1) is 16.5. The molecule has 0 aromatic heterocycles. The fourth-order valence-electron chi connectivity index (χ4n) is 2.30. The minimum Gasteiger partial charge on any atom is -0.258 e. The van der Waals surface area contributed by atoms with Gasteiger partial charge in [0.1, 0.15) is 0 Å². The Bertz CT molecular complexity index is 678. The Labute approximate surface area is 132 Å². The van der Waals surface area contributed by atoms with Gasteiger partial charge in [0.15, 0.2) is 0 Å². The summed E-state index contributed by atoms with van der Waals surface area (Å²) in [5, 5.41) is 10.7. The predicted octanol–water partition coefficient (Wildman–Crippen LogP) is 2.99. The van der Waals surface area contributed by atoms with Crippen LogP contribution in [0, 0.1) is 17.0 Å². The van der Waals surface area contributed by atoms with Crippen molar-refractivity contribution in [2.45, 2.75) is 42.5 Å². The van der Waals surface area contributed by atoms with Crippen molar-refractivity contribution < 1.29 is 13.3 Å². The maximum Gasteiger partial charge on any atom is 0.275 e. The molecule has 116 valence electrons. The monoisotopic (exact) mass is 352 g/mol. The van der Waals surface area contributed by atoms with Crippen molar-refractivity contribution in [2.24, 2.45) is 0 Å². The van der Waals surface area contributed by atoms with Crippen LogP contribution in [0.5, 0.6) is 0 Å². The Morgan fingerprint density at radius 1 is 1.38 bits per heavy atom. The van der Waals surface area contributed by atoms with Gasteiger partial charge in [-0.15, -0.1) is 11.6 Å². The van der Waals surface area contributed by atoms with Crippen LogP contribution in [0.4, 0.5) is 5.69 Å². The highest BCUT2D eigenvalue weighted by Gasteiger charge is 2.31. The van der Waals surface area contributed by atoms with Crippen LogP contribution < -0.4 is 4.72 Å². The summed E-state index contributed by atoms with van der Waals surface area (Å²) in [4.78, 5) is 10.1. The van der Waals surface area contributed by atoms with E-state index in [-0.39, 0.29) is 32.6 Å². The molecule has 1 fully saturated rings. The lowest BCUT2D eigenvalue weighted by molar-refractivity contribution is -0.385. The average Bonchev–Trinajstić information content (AvgIpc) is 2.77. The van der Waals surface area contributed by atoms with Crippen LogP contribution in [0.25, 0.3) is 0 Å². The van der Waals surface area contributed by atoms with Crippen molar-refractivity contribution in [3.63, 3.8) is 0 Å². The second-order valence-electron chi connectivity index (χ2n) is 4.98. The largest absolute Gasteiger partial charge is 0.275 e. The van der Waals surface area contributed by atoms with Gasteiger partial charge in [0.05, 0.1) is 14.8 Å². The van der Waals surface area contributed by atoms with Gasteiger partial charge < -0.3 is 0 Å². The number of nitrogens with zero attached hydrogens (tertiary/aromatic N) is 1. The summed E-state index contributed by atoms with van der Waals surface area (Å²) in [6.45, 7) is 1.47. The van der Waals surface area contributed by atoms with Crippen molar-refractivity contribution in [1.82, 2.24) is 4.72 Å². The number of nitro benzene ring substituents is 1. The third kappa shape index (κ3) is 3.48. The van der Waals surface area contributed by atoms with Gasteiger partial charge >= 0.3 is 0 Å². The minimum absolute atomic E-state index is 0.0402. The zero-order valence-electron chi connectivity index (χ0n) is 11.2. The van der Waals surface area contributed by atoms with E-state index in [1.807, 2.05) is 0 Å². The SMILES string of the molecule is Cc1c(Cl)cc(S(=O)(=O)NC2CCCC2Cl)cc1[N+](=O)[O-]. The molecule has 0 aliphatic heterocycles. The van der Waals surface area contributed by atoms with Crippen LogP contribution in [0.15, 0.2) is 17.0 Å². The number of benzene rings is 1. The number of rotatable bonds is 4. The molecular weight excluding hydrogens is 339 g/mol. The summed E-state index contributed by atoms with van der Waals surface area (Å²) in [6.07, 6.45) is 2.23. The van der Waals surface area contributed by atoms with Crippen molar-refractivity contribution in [3.05, 3.63) is 32.8 Å². The maximum absolute atomic E-state index is 12.3. The lowest BCUT2D eigenvalue weighted by Gasteiger charge is -2.16.